The zero-order valence-corrected chi connectivity index (χ0v) is 13.6. The van der Waals surface area contributed by atoms with Crippen LogP contribution in [0.25, 0.3) is 0 Å². The van der Waals surface area contributed by atoms with Crippen molar-refractivity contribution in [3.63, 3.8) is 0 Å². The van der Waals surface area contributed by atoms with Gasteiger partial charge < -0.3 is 5.32 Å². The van der Waals surface area contributed by atoms with Crippen molar-refractivity contribution in [1.29, 1.82) is 0 Å². The SMILES string of the molecule is CC(C)NC(=O)[C@H]1CCCN1S(=O)(=O)c1ccc(Cl)cc1. The zero-order valence-electron chi connectivity index (χ0n) is 12.0. The van der Waals surface area contributed by atoms with Crippen LogP contribution in [0.2, 0.25) is 5.02 Å². The van der Waals surface area contributed by atoms with E-state index in [-0.39, 0.29) is 16.8 Å². The fourth-order valence-corrected chi connectivity index (χ4v) is 4.19. The van der Waals surface area contributed by atoms with Gasteiger partial charge in [0, 0.05) is 17.6 Å². The summed E-state index contributed by atoms with van der Waals surface area (Å²) in [4.78, 5) is 12.3. The summed E-state index contributed by atoms with van der Waals surface area (Å²) in [7, 11) is -3.67. The van der Waals surface area contributed by atoms with E-state index in [4.69, 9.17) is 11.6 Å². The molecule has 1 aliphatic rings. The third kappa shape index (κ3) is 3.56. The first-order valence-corrected chi connectivity index (χ1v) is 8.72. The van der Waals surface area contributed by atoms with Crippen molar-refractivity contribution >= 4 is 27.5 Å². The summed E-state index contributed by atoms with van der Waals surface area (Å²) < 4.78 is 26.6. The molecule has 0 radical (unpaired) electrons. The molecule has 1 N–H and O–H groups in total. The van der Waals surface area contributed by atoms with E-state index in [9.17, 15) is 13.2 Å². The molecular formula is C14H19ClN2O3S. The molecule has 1 atom stereocenters. The smallest absolute Gasteiger partial charge is 0.243 e. The van der Waals surface area contributed by atoms with Crippen LogP contribution in [-0.4, -0.2) is 37.3 Å². The predicted molar refractivity (Wildman–Crippen MR) is 81.6 cm³/mol. The second-order valence-electron chi connectivity index (χ2n) is 5.39. The Kier molecular flexibility index (Phi) is 4.91. The van der Waals surface area contributed by atoms with E-state index in [2.05, 4.69) is 5.32 Å². The highest BCUT2D eigenvalue weighted by Gasteiger charge is 2.39. The largest absolute Gasteiger partial charge is 0.353 e. The minimum Gasteiger partial charge on any atom is -0.353 e. The van der Waals surface area contributed by atoms with Crippen LogP contribution in [0.5, 0.6) is 0 Å². The van der Waals surface area contributed by atoms with Crippen LogP contribution in [0.1, 0.15) is 26.7 Å². The summed E-state index contributed by atoms with van der Waals surface area (Å²) in [5.74, 6) is -0.236. The van der Waals surface area contributed by atoms with Crippen LogP contribution in [0.15, 0.2) is 29.2 Å². The molecular weight excluding hydrogens is 312 g/mol. The van der Waals surface area contributed by atoms with Crippen LogP contribution < -0.4 is 5.32 Å². The lowest BCUT2D eigenvalue weighted by Gasteiger charge is -2.24. The molecule has 0 saturated carbocycles. The summed E-state index contributed by atoms with van der Waals surface area (Å²) in [5, 5.41) is 3.26. The summed E-state index contributed by atoms with van der Waals surface area (Å²) in [6.07, 6.45) is 1.23. The summed E-state index contributed by atoms with van der Waals surface area (Å²) in [6, 6.07) is 5.36. The Labute approximate surface area is 130 Å². The number of hydrogen-bond acceptors (Lipinski definition) is 3. The number of amides is 1. The number of carbonyl (C=O) groups excluding carboxylic acids is 1. The van der Waals surface area contributed by atoms with Crippen molar-refractivity contribution in [3.05, 3.63) is 29.3 Å². The highest BCUT2D eigenvalue weighted by Crippen LogP contribution is 2.27. The molecule has 0 bridgehead atoms. The number of nitrogens with zero attached hydrogens (tertiary/aromatic N) is 1. The standard InChI is InChI=1S/C14H19ClN2O3S/c1-10(2)16-14(18)13-4-3-9-17(13)21(19,20)12-7-5-11(15)6-8-12/h5-8,10,13H,3-4,9H2,1-2H3,(H,16,18)/t13-/m1/s1. The van der Waals surface area contributed by atoms with Crippen LogP contribution >= 0.6 is 11.6 Å². The third-order valence-electron chi connectivity index (χ3n) is 3.36. The molecule has 1 aliphatic heterocycles. The molecule has 0 aliphatic carbocycles. The monoisotopic (exact) mass is 330 g/mol. The minimum atomic E-state index is -3.67. The average Bonchev–Trinajstić information content (AvgIpc) is 2.88. The molecule has 21 heavy (non-hydrogen) atoms. The van der Waals surface area contributed by atoms with Crippen molar-refractivity contribution < 1.29 is 13.2 Å². The van der Waals surface area contributed by atoms with Gasteiger partial charge >= 0.3 is 0 Å². The molecule has 1 aromatic rings. The first-order chi connectivity index (χ1) is 9.82. The first kappa shape index (κ1) is 16.3. The quantitative estimate of drug-likeness (QED) is 0.918. The lowest BCUT2D eigenvalue weighted by atomic mass is 10.2. The Morgan fingerprint density at radius 1 is 1.33 bits per heavy atom. The minimum absolute atomic E-state index is 0.0156. The first-order valence-electron chi connectivity index (χ1n) is 6.90. The average molecular weight is 331 g/mol. The van der Waals surface area contributed by atoms with Gasteiger partial charge in [-0.1, -0.05) is 11.6 Å². The molecule has 7 heteroatoms. The normalized spacial score (nSPS) is 19.9. The van der Waals surface area contributed by atoms with Crippen LogP contribution in [0.4, 0.5) is 0 Å². The molecule has 1 amide bonds. The van der Waals surface area contributed by atoms with Crippen LogP contribution in [0.3, 0.4) is 0 Å². The molecule has 1 aromatic carbocycles. The Bertz CT molecular complexity index is 614. The number of hydrogen-bond donors (Lipinski definition) is 1. The van der Waals surface area contributed by atoms with E-state index in [1.807, 2.05) is 13.8 Å². The van der Waals surface area contributed by atoms with Gasteiger partial charge in [0.1, 0.15) is 6.04 Å². The third-order valence-corrected chi connectivity index (χ3v) is 5.53. The zero-order chi connectivity index (χ0) is 15.6. The molecule has 2 rings (SSSR count). The summed E-state index contributed by atoms with van der Waals surface area (Å²) in [6.45, 7) is 4.07. The number of halogens is 1. The van der Waals surface area contributed by atoms with Gasteiger partial charge in [0.05, 0.1) is 4.90 Å². The van der Waals surface area contributed by atoms with Gasteiger partial charge in [-0.3, -0.25) is 4.79 Å². The van der Waals surface area contributed by atoms with Crippen LogP contribution in [-0.2, 0) is 14.8 Å². The highest BCUT2D eigenvalue weighted by atomic mass is 35.5. The van der Waals surface area contributed by atoms with E-state index in [1.165, 1.54) is 28.6 Å². The maximum atomic E-state index is 12.6. The van der Waals surface area contributed by atoms with Crippen molar-refractivity contribution in [2.75, 3.05) is 6.54 Å². The van der Waals surface area contributed by atoms with Crippen molar-refractivity contribution in [1.82, 2.24) is 9.62 Å². The highest BCUT2D eigenvalue weighted by molar-refractivity contribution is 7.89. The summed E-state index contributed by atoms with van der Waals surface area (Å²) >= 11 is 5.79. The maximum Gasteiger partial charge on any atom is 0.243 e. The lowest BCUT2D eigenvalue weighted by molar-refractivity contribution is -0.124. The molecule has 5 nitrogen and oxygen atoms in total. The Balaban J connectivity index is 2.26. The second kappa shape index (κ2) is 6.34. The molecule has 0 aromatic heterocycles. The number of sulfonamides is 1. The van der Waals surface area contributed by atoms with Crippen LogP contribution in [0, 0.1) is 0 Å². The number of nitrogens with one attached hydrogen (secondary N) is 1. The van der Waals surface area contributed by atoms with Gasteiger partial charge in [0.25, 0.3) is 0 Å². The van der Waals surface area contributed by atoms with Crippen molar-refractivity contribution in [2.45, 2.75) is 43.7 Å². The van der Waals surface area contributed by atoms with Gasteiger partial charge in [-0.05, 0) is 51.0 Å². The second-order valence-corrected chi connectivity index (χ2v) is 7.72. The van der Waals surface area contributed by atoms with E-state index < -0.39 is 16.1 Å². The lowest BCUT2D eigenvalue weighted by Crippen LogP contribution is -2.47. The van der Waals surface area contributed by atoms with E-state index >= 15 is 0 Å². The van der Waals surface area contributed by atoms with E-state index in [0.29, 0.717) is 24.4 Å². The fraction of sp³-hybridized carbons (Fsp3) is 0.500. The van der Waals surface area contributed by atoms with Crippen molar-refractivity contribution in [2.24, 2.45) is 0 Å². The Morgan fingerprint density at radius 2 is 1.95 bits per heavy atom. The number of benzene rings is 1. The molecule has 0 spiro atoms. The molecule has 0 unspecified atom stereocenters. The summed E-state index contributed by atoms with van der Waals surface area (Å²) in [5.41, 5.74) is 0. The predicted octanol–water partition coefficient (Wildman–Crippen LogP) is 2.02. The number of carbonyl (C=O) groups is 1. The van der Waals surface area contributed by atoms with Gasteiger partial charge in [-0.25, -0.2) is 8.42 Å². The molecule has 1 saturated heterocycles. The van der Waals surface area contributed by atoms with Gasteiger partial charge in [-0.2, -0.15) is 4.31 Å². The Hall–Kier alpha value is -1.11. The van der Waals surface area contributed by atoms with E-state index in [1.54, 1.807) is 0 Å². The van der Waals surface area contributed by atoms with Crippen molar-refractivity contribution in [3.8, 4) is 0 Å². The maximum absolute atomic E-state index is 12.6. The molecule has 1 fully saturated rings. The molecule has 1 heterocycles. The fourth-order valence-electron chi connectivity index (χ4n) is 2.41. The Morgan fingerprint density at radius 3 is 2.52 bits per heavy atom. The van der Waals surface area contributed by atoms with Gasteiger partial charge in [0.2, 0.25) is 15.9 Å². The number of rotatable bonds is 4. The molecule has 116 valence electrons. The van der Waals surface area contributed by atoms with E-state index in [0.717, 1.165) is 0 Å². The van der Waals surface area contributed by atoms with Gasteiger partial charge in [-0.15, -0.1) is 0 Å². The topological polar surface area (TPSA) is 66.5 Å². The van der Waals surface area contributed by atoms with Gasteiger partial charge in [0.15, 0.2) is 0 Å².